The van der Waals surface area contributed by atoms with Crippen molar-refractivity contribution in [1.29, 1.82) is 5.41 Å². The number of halogens is 3. The van der Waals surface area contributed by atoms with E-state index in [-0.39, 0.29) is 22.0 Å². The van der Waals surface area contributed by atoms with Gasteiger partial charge in [0.05, 0.1) is 10.7 Å². The molecule has 166 valence electrons. The Labute approximate surface area is 213 Å². The fraction of sp³-hybridized carbons (Fsp3) is 0.0417. The summed E-state index contributed by atoms with van der Waals surface area (Å²) < 4.78 is 2.34. The van der Waals surface area contributed by atoms with Gasteiger partial charge in [-0.25, -0.2) is 4.98 Å². The largest absolute Gasteiger partial charge is 0.339 e. The Kier molecular flexibility index (Phi) is 7.24. The van der Waals surface area contributed by atoms with Crippen LogP contribution in [0.3, 0.4) is 0 Å². The maximum absolute atomic E-state index is 13.9. The monoisotopic (exact) mass is 558 g/mol. The van der Waals surface area contributed by atoms with Crippen molar-refractivity contribution in [3.8, 4) is 17.1 Å². The highest BCUT2D eigenvalue weighted by Gasteiger charge is 2.23. The number of rotatable bonds is 5. The number of hydrogen-bond acceptors (Lipinski definition) is 5. The Morgan fingerprint density at radius 1 is 1.06 bits per heavy atom. The van der Waals surface area contributed by atoms with Gasteiger partial charge < -0.3 is 5.32 Å². The minimum Gasteiger partial charge on any atom is -0.339 e. The highest BCUT2D eigenvalue weighted by molar-refractivity contribution is 9.10. The van der Waals surface area contributed by atoms with Crippen molar-refractivity contribution in [3.63, 3.8) is 0 Å². The molecule has 0 amide bonds. The maximum Gasteiger partial charge on any atom is 0.270 e. The predicted octanol–water partition coefficient (Wildman–Crippen LogP) is 7.40. The molecule has 33 heavy (non-hydrogen) atoms. The fourth-order valence-electron chi connectivity index (χ4n) is 3.26. The Balaban J connectivity index is 2.06. The standard InChI is InChI=1S/C24H17BrCl2N4OS/c1-33-21(28)20-22(29-16-5-3-2-4-6-16)30-23(18-12-9-15(26)13-19(18)27)31(24(20)32)17-10-7-14(25)8-11-17/h2-13,28-29H,1H3. The molecule has 0 unspecified atom stereocenters. The lowest BCUT2D eigenvalue weighted by molar-refractivity contribution is 0.947. The zero-order valence-electron chi connectivity index (χ0n) is 17.3. The molecule has 0 aliphatic heterocycles. The van der Waals surface area contributed by atoms with Gasteiger partial charge in [-0.1, -0.05) is 57.3 Å². The van der Waals surface area contributed by atoms with Crippen molar-refractivity contribution < 1.29 is 0 Å². The molecule has 0 bridgehead atoms. The number of anilines is 2. The van der Waals surface area contributed by atoms with E-state index in [2.05, 4.69) is 21.2 Å². The molecule has 4 rings (SSSR count). The van der Waals surface area contributed by atoms with E-state index in [1.54, 1.807) is 36.6 Å². The van der Waals surface area contributed by atoms with Crippen LogP contribution in [-0.4, -0.2) is 20.9 Å². The first kappa shape index (κ1) is 23.6. The smallest absolute Gasteiger partial charge is 0.270 e. The molecule has 0 fully saturated rings. The van der Waals surface area contributed by atoms with Crippen molar-refractivity contribution in [2.45, 2.75) is 0 Å². The highest BCUT2D eigenvalue weighted by atomic mass is 79.9. The molecule has 0 aliphatic carbocycles. The van der Waals surface area contributed by atoms with Crippen molar-refractivity contribution >= 4 is 67.4 Å². The predicted molar refractivity (Wildman–Crippen MR) is 143 cm³/mol. The van der Waals surface area contributed by atoms with Gasteiger partial charge in [0, 0.05) is 20.7 Å². The minimum absolute atomic E-state index is 0.102. The van der Waals surface area contributed by atoms with Crippen molar-refractivity contribution in [3.05, 3.63) is 103 Å². The highest BCUT2D eigenvalue weighted by Crippen LogP contribution is 2.32. The summed E-state index contributed by atoms with van der Waals surface area (Å²) in [6, 6.07) is 21.7. The van der Waals surface area contributed by atoms with E-state index in [4.69, 9.17) is 33.6 Å². The second kappa shape index (κ2) is 10.1. The van der Waals surface area contributed by atoms with Gasteiger partial charge in [0.2, 0.25) is 0 Å². The second-order valence-corrected chi connectivity index (χ2v) is 9.50. The van der Waals surface area contributed by atoms with Gasteiger partial charge in [-0.2, -0.15) is 0 Å². The van der Waals surface area contributed by atoms with Gasteiger partial charge in [0.1, 0.15) is 16.4 Å². The van der Waals surface area contributed by atoms with Crippen molar-refractivity contribution in [2.24, 2.45) is 0 Å². The number of hydrogen-bond donors (Lipinski definition) is 2. The first-order valence-corrected chi connectivity index (χ1v) is 12.5. The summed E-state index contributed by atoms with van der Waals surface area (Å²) in [7, 11) is 0. The van der Waals surface area contributed by atoms with Crippen molar-refractivity contribution in [1.82, 2.24) is 9.55 Å². The molecule has 0 aliphatic rings. The molecule has 0 radical (unpaired) electrons. The second-order valence-electron chi connectivity index (χ2n) is 6.92. The number of nitrogens with zero attached hydrogens (tertiary/aromatic N) is 2. The lowest BCUT2D eigenvalue weighted by atomic mass is 10.1. The third-order valence-electron chi connectivity index (χ3n) is 4.81. The fourth-order valence-corrected chi connectivity index (χ4v) is 4.40. The van der Waals surface area contributed by atoms with Crippen LogP contribution >= 0.6 is 50.9 Å². The summed E-state index contributed by atoms with van der Waals surface area (Å²) in [6.45, 7) is 0. The number of aromatic nitrogens is 2. The van der Waals surface area contributed by atoms with Crippen LogP contribution in [0, 0.1) is 5.41 Å². The number of nitrogens with one attached hydrogen (secondary N) is 2. The first-order valence-electron chi connectivity index (χ1n) is 9.72. The average molecular weight is 560 g/mol. The van der Waals surface area contributed by atoms with Crippen molar-refractivity contribution in [2.75, 3.05) is 11.6 Å². The van der Waals surface area contributed by atoms with E-state index in [0.717, 1.165) is 10.2 Å². The van der Waals surface area contributed by atoms with Gasteiger partial charge in [-0.15, -0.1) is 11.8 Å². The molecule has 0 saturated carbocycles. The molecular weight excluding hydrogens is 543 g/mol. The number of thioether (sulfide) groups is 1. The summed E-state index contributed by atoms with van der Waals surface area (Å²) in [6.07, 6.45) is 1.75. The summed E-state index contributed by atoms with van der Waals surface area (Å²) in [4.78, 5) is 18.7. The van der Waals surface area contributed by atoms with Gasteiger partial charge in [0.25, 0.3) is 5.56 Å². The first-order chi connectivity index (χ1) is 15.9. The van der Waals surface area contributed by atoms with Crippen LogP contribution in [0.15, 0.2) is 82.1 Å². The zero-order valence-corrected chi connectivity index (χ0v) is 21.2. The third kappa shape index (κ3) is 5.01. The van der Waals surface area contributed by atoms with E-state index >= 15 is 0 Å². The van der Waals surface area contributed by atoms with Gasteiger partial charge in [0.15, 0.2) is 5.82 Å². The number of para-hydroxylation sites is 1. The SMILES string of the molecule is CSC(=N)c1c(Nc2ccccc2)nc(-c2ccc(Cl)cc2Cl)n(-c2ccc(Br)cc2)c1=O. The summed E-state index contributed by atoms with van der Waals surface area (Å²) >= 11 is 17.2. The quantitative estimate of drug-likeness (QED) is 0.197. The van der Waals surface area contributed by atoms with Crippen LogP contribution in [0.1, 0.15) is 5.56 Å². The zero-order chi connectivity index (χ0) is 23.5. The third-order valence-corrected chi connectivity index (χ3v) is 6.50. The molecular formula is C24H17BrCl2N4OS. The molecule has 5 nitrogen and oxygen atoms in total. The maximum atomic E-state index is 13.9. The summed E-state index contributed by atoms with van der Waals surface area (Å²) in [5, 5.41) is 12.6. The van der Waals surface area contributed by atoms with E-state index in [1.165, 1.54) is 16.3 Å². The Morgan fingerprint density at radius 2 is 1.76 bits per heavy atom. The molecule has 0 spiro atoms. The minimum atomic E-state index is -0.383. The van der Waals surface area contributed by atoms with Gasteiger partial charge >= 0.3 is 0 Å². The van der Waals surface area contributed by atoms with Crippen LogP contribution in [0.4, 0.5) is 11.5 Å². The molecule has 0 atom stereocenters. The van der Waals surface area contributed by atoms with Crippen LogP contribution in [0.25, 0.3) is 17.1 Å². The van der Waals surface area contributed by atoms with Crippen LogP contribution in [0.2, 0.25) is 10.0 Å². The molecule has 4 aromatic rings. The molecule has 0 saturated heterocycles. The van der Waals surface area contributed by atoms with E-state index in [1.807, 2.05) is 42.5 Å². The lowest BCUT2D eigenvalue weighted by Crippen LogP contribution is -2.28. The van der Waals surface area contributed by atoms with E-state index < -0.39 is 0 Å². The molecule has 2 N–H and O–H groups in total. The van der Waals surface area contributed by atoms with Gasteiger partial charge in [-0.05, 0) is 60.9 Å². The Bertz CT molecular complexity index is 1390. The lowest BCUT2D eigenvalue weighted by Gasteiger charge is -2.19. The number of benzene rings is 3. The molecule has 1 heterocycles. The molecule has 1 aromatic heterocycles. The normalized spacial score (nSPS) is 10.8. The molecule has 9 heteroatoms. The van der Waals surface area contributed by atoms with Crippen LogP contribution in [-0.2, 0) is 0 Å². The summed E-state index contributed by atoms with van der Waals surface area (Å²) in [5.74, 6) is 0.611. The summed E-state index contributed by atoms with van der Waals surface area (Å²) in [5.41, 5.74) is 1.67. The topological polar surface area (TPSA) is 70.8 Å². The van der Waals surface area contributed by atoms with E-state index in [0.29, 0.717) is 27.1 Å². The van der Waals surface area contributed by atoms with Crippen LogP contribution < -0.4 is 10.9 Å². The van der Waals surface area contributed by atoms with E-state index in [9.17, 15) is 4.79 Å². The Morgan fingerprint density at radius 3 is 2.39 bits per heavy atom. The average Bonchev–Trinajstić information content (AvgIpc) is 2.80. The van der Waals surface area contributed by atoms with Gasteiger partial charge in [-0.3, -0.25) is 14.8 Å². The van der Waals surface area contributed by atoms with Crippen LogP contribution in [0.5, 0.6) is 0 Å². The molecule has 3 aromatic carbocycles. The Hall–Kier alpha value is -2.58.